The van der Waals surface area contributed by atoms with Crippen LogP contribution in [-0.4, -0.2) is 34.1 Å². The number of aromatic nitrogens is 1. The van der Waals surface area contributed by atoms with Crippen molar-refractivity contribution in [3.63, 3.8) is 0 Å². The molecule has 2 aliphatic heterocycles. The summed E-state index contributed by atoms with van der Waals surface area (Å²) in [5.74, 6) is 0.504. The molecule has 3 heterocycles. The van der Waals surface area contributed by atoms with Gasteiger partial charge < -0.3 is 14.2 Å². The van der Waals surface area contributed by atoms with E-state index in [1.807, 2.05) is 23.1 Å². The minimum absolute atomic E-state index is 0.0194. The number of carbonyl (C=O) groups is 1. The van der Waals surface area contributed by atoms with Crippen LogP contribution in [0.3, 0.4) is 0 Å². The van der Waals surface area contributed by atoms with Crippen LogP contribution in [0.25, 0.3) is 0 Å². The van der Waals surface area contributed by atoms with Gasteiger partial charge in [0.05, 0.1) is 29.0 Å². The van der Waals surface area contributed by atoms with Crippen LogP contribution in [0.1, 0.15) is 73.6 Å². The Bertz CT molecular complexity index is 1020. The summed E-state index contributed by atoms with van der Waals surface area (Å²) in [5, 5.41) is 0.667. The van der Waals surface area contributed by atoms with E-state index in [2.05, 4.69) is 38.7 Å². The van der Waals surface area contributed by atoms with Gasteiger partial charge in [-0.3, -0.25) is 9.78 Å². The predicted molar refractivity (Wildman–Crippen MR) is 117 cm³/mol. The zero-order valence-electron chi connectivity index (χ0n) is 17.9. The van der Waals surface area contributed by atoms with Crippen molar-refractivity contribution >= 4 is 30.1 Å². The fourth-order valence-electron chi connectivity index (χ4n) is 4.22. The molecule has 0 bridgehead atoms. The third-order valence-corrected chi connectivity index (χ3v) is 7.23. The maximum Gasteiger partial charge on any atom is 0.494 e. The first-order valence-electron chi connectivity index (χ1n) is 10.6. The van der Waals surface area contributed by atoms with Crippen molar-refractivity contribution in [3.05, 3.63) is 57.9 Å². The van der Waals surface area contributed by atoms with Gasteiger partial charge in [0, 0.05) is 17.8 Å². The standard InChI is InChI=1S/C23H26BClN2O3/c1-22(2)23(3,4)30-24(29-22)15-10-17(14-7-8-14)18(19(25)11-15)12-27-13-20-16(21(27)28)6-5-9-26-20/h5-6,9-11,14H,7-8,12-13H2,1-4H3. The minimum atomic E-state index is -0.444. The first-order valence-corrected chi connectivity index (χ1v) is 10.9. The lowest BCUT2D eigenvalue weighted by atomic mass is 9.77. The van der Waals surface area contributed by atoms with Gasteiger partial charge >= 0.3 is 7.12 Å². The van der Waals surface area contributed by atoms with Gasteiger partial charge in [0.1, 0.15) is 0 Å². The van der Waals surface area contributed by atoms with E-state index >= 15 is 0 Å². The molecule has 1 amide bonds. The van der Waals surface area contributed by atoms with Gasteiger partial charge in [-0.2, -0.15) is 0 Å². The summed E-state index contributed by atoms with van der Waals surface area (Å²) in [6.45, 7) is 9.22. The molecule has 5 rings (SSSR count). The number of nitrogens with zero attached hydrogens (tertiary/aromatic N) is 2. The summed E-state index contributed by atoms with van der Waals surface area (Å²) in [4.78, 5) is 19.0. The summed E-state index contributed by atoms with van der Waals surface area (Å²) in [6, 6.07) is 7.77. The maximum atomic E-state index is 12.8. The molecule has 5 nitrogen and oxygen atoms in total. The van der Waals surface area contributed by atoms with Gasteiger partial charge in [-0.1, -0.05) is 17.7 Å². The largest absolute Gasteiger partial charge is 0.494 e. The molecule has 30 heavy (non-hydrogen) atoms. The van der Waals surface area contributed by atoms with Gasteiger partial charge in [0.2, 0.25) is 0 Å². The molecule has 1 saturated heterocycles. The Morgan fingerprint density at radius 1 is 1.20 bits per heavy atom. The van der Waals surface area contributed by atoms with Crippen LogP contribution < -0.4 is 5.46 Å². The summed E-state index contributed by atoms with van der Waals surface area (Å²) in [7, 11) is -0.444. The van der Waals surface area contributed by atoms with E-state index < -0.39 is 18.3 Å². The third-order valence-electron chi connectivity index (χ3n) is 6.89. The second-order valence-electron chi connectivity index (χ2n) is 9.59. The SMILES string of the molecule is CC1(C)OB(c2cc(Cl)c(CN3Cc4ncccc4C3=O)c(C3CC3)c2)OC1(C)C. The summed E-state index contributed by atoms with van der Waals surface area (Å²) < 4.78 is 12.5. The first kappa shape index (κ1) is 20.0. The van der Waals surface area contributed by atoms with E-state index in [0.717, 1.165) is 29.6 Å². The molecular weight excluding hydrogens is 399 g/mol. The molecule has 7 heteroatoms. The van der Waals surface area contributed by atoms with Crippen LogP contribution in [0, 0.1) is 0 Å². The van der Waals surface area contributed by atoms with Crippen LogP contribution in [0.15, 0.2) is 30.5 Å². The second-order valence-corrected chi connectivity index (χ2v) is 10.00. The number of rotatable bonds is 4. The van der Waals surface area contributed by atoms with Gasteiger partial charge in [-0.25, -0.2) is 0 Å². The molecule has 1 aliphatic carbocycles. The summed E-state index contributed by atoms with van der Waals surface area (Å²) in [6.07, 6.45) is 4.02. The van der Waals surface area contributed by atoms with Crippen molar-refractivity contribution in [3.8, 4) is 0 Å². The smallest absolute Gasteiger partial charge is 0.399 e. The summed E-state index contributed by atoms with van der Waals surface area (Å²) >= 11 is 6.80. The lowest BCUT2D eigenvalue weighted by Crippen LogP contribution is -2.41. The Kier molecular flexibility index (Phi) is 4.55. The molecule has 0 N–H and O–H groups in total. The highest BCUT2D eigenvalue weighted by atomic mass is 35.5. The highest BCUT2D eigenvalue weighted by molar-refractivity contribution is 6.62. The number of amides is 1. The quantitative estimate of drug-likeness (QED) is 0.694. The molecule has 156 valence electrons. The number of fused-ring (bicyclic) bond motifs is 1. The minimum Gasteiger partial charge on any atom is -0.399 e. The van der Waals surface area contributed by atoms with Gasteiger partial charge in [-0.15, -0.1) is 0 Å². The van der Waals surface area contributed by atoms with Crippen LogP contribution >= 0.6 is 11.6 Å². The average molecular weight is 425 g/mol. The topological polar surface area (TPSA) is 51.7 Å². The first-order chi connectivity index (χ1) is 14.2. The number of benzene rings is 1. The van der Waals surface area contributed by atoms with Crippen molar-refractivity contribution in [1.82, 2.24) is 9.88 Å². The molecular formula is C23H26BClN2O3. The molecule has 0 unspecified atom stereocenters. The Labute approximate surface area is 182 Å². The van der Waals surface area contributed by atoms with E-state index in [-0.39, 0.29) is 5.91 Å². The highest BCUT2D eigenvalue weighted by Gasteiger charge is 2.52. The Morgan fingerprint density at radius 3 is 2.53 bits per heavy atom. The zero-order chi connectivity index (χ0) is 21.3. The second kappa shape index (κ2) is 6.81. The van der Waals surface area contributed by atoms with Crippen LogP contribution in [0.2, 0.25) is 5.02 Å². The van der Waals surface area contributed by atoms with Gasteiger partial charge in [0.15, 0.2) is 0 Å². The number of halogens is 1. The molecule has 1 aromatic heterocycles. The number of hydrogen-bond donors (Lipinski definition) is 0. The Morgan fingerprint density at radius 2 is 1.90 bits per heavy atom. The molecule has 1 saturated carbocycles. The fraction of sp³-hybridized carbons (Fsp3) is 0.478. The lowest BCUT2D eigenvalue weighted by Gasteiger charge is -2.32. The van der Waals surface area contributed by atoms with Gasteiger partial charge in [-0.05, 0) is 81.2 Å². The van der Waals surface area contributed by atoms with Crippen LogP contribution in [0.5, 0.6) is 0 Å². The normalized spacial score (nSPS) is 22.0. The monoisotopic (exact) mass is 424 g/mol. The molecule has 1 aromatic carbocycles. The third kappa shape index (κ3) is 3.26. The van der Waals surface area contributed by atoms with Gasteiger partial charge in [0.25, 0.3) is 5.91 Å². The highest BCUT2D eigenvalue weighted by Crippen LogP contribution is 2.44. The number of pyridine rings is 1. The van der Waals surface area contributed by atoms with E-state index in [4.69, 9.17) is 20.9 Å². The van der Waals surface area contributed by atoms with E-state index in [1.165, 1.54) is 5.56 Å². The molecule has 0 radical (unpaired) electrons. The summed E-state index contributed by atoms with van der Waals surface area (Å²) in [5.41, 5.74) is 3.91. The lowest BCUT2D eigenvalue weighted by molar-refractivity contribution is 0.00578. The molecule has 2 fully saturated rings. The van der Waals surface area contributed by atoms with E-state index in [1.54, 1.807) is 6.20 Å². The molecule has 3 aliphatic rings. The number of carbonyl (C=O) groups excluding carboxylic acids is 1. The van der Waals surface area contributed by atoms with Crippen molar-refractivity contribution in [1.29, 1.82) is 0 Å². The van der Waals surface area contributed by atoms with Crippen LogP contribution in [-0.2, 0) is 22.4 Å². The fourth-order valence-corrected chi connectivity index (χ4v) is 4.52. The van der Waals surface area contributed by atoms with Crippen LogP contribution in [0.4, 0.5) is 0 Å². The molecule has 0 spiro atoms. The number of hydrogen-bond acceptors (Lipinski definition) is 4. The van der Waals surface area contributed by atoms with Crippen molar-refractivity contribution < 1.29 is 14.1 Å². The Balaban J connectivity index is 1.45. The van der Waals surface area contributed by atoms with E-state index in [0.29, 0.717) is 29.6 Å². The molecule has 2 aromatic rings. The predicted octanol–water partition coefficient (Wildman–Crippen LogP) is 4.07. The van der Waals surface area contributed by atoms with Crippen molar-refractivity contribution in [2.45, 2.75) is 70.7 Å². The average Bonchev–Trinajstić information content (AvgIpc) is 3.43. The van der Waals surface area contributed by atoms with E-state index in [9.17, 15) is 4.79 Å². The van der Waals surface area contributed by atoms with Crippen molar-refractivity contribution in [2.24, 2.45) is 0 Å². The van der Waals surface area contributed by atoms with Crippen molar-refractivity contribution in [2.75, 3.05) is 0 Å². The Hall–Kier alpha value is -1.89. The maximum absolute atomic E-state index is 12.8. The zero-order valence-corrected chi connectivity index (χ0v) is 18.6. The molecule has 0 atom stereocenters.